The summed E-state index contributed by atoms with van der Waals surface area (Å²) in [5.74, 6) is -0.486. The predicted octanol–water partition coefficient (Wildman–Crippen LogP) is 16.1. The van der Waals surface area contributed by atoms with E-state index in [9.17, 15) is 19.8 Å². The van der Waals surface area contributed by atoms with Crippen LogP contribution < -0.4 is 5.32 Å². The molecule has 61 heavy (non-hydrogen) atoms. The zero-order valence-electron chi connectivity index (χ0n) is 40.8. The molecule has 3 atom stereocenters. The number of carbonyl (C=O) groups is 2. The summed E-state index contributed by atoms with van der Waals surface area (Å²) in [6, 6.07) is -0.706. The number of rotatable bonds is 48. The molecule has 3 unspecified atom stereocenters. The van der Waals surface area contributed by atoms with Crippen LogP contribution in [-0.4, -0.2) is 46.9 Å². The third-order valence-electron chi connectivity index (χ3n) is 12.2. The standard InChI is InChI=1S/C55H103NO5/c1-4-7-10-13-16-19-22-24-26-27-28-30-33-35-38-41-44-47-53(58)52(50-57)56-54(59)49-51(46-43-40-37-34-32-29-25-23-20-17-14-11-8-5-2)61-55(60)48-45-42-39-36-31-21-18-15-12-9-6-3/h8,11,17,20,25,29,51-53,57-58H,4-7,9-10,12-16,18-19,21-24,26-28,30-50H2,1-3H3,(H,56,59)/b11-8+,20-17+,29-25+. The van der Waals surface area contributed by atoms with Gasteiger partial charge in [-0.15, -0.1) is 0 Å². The van der Waals surface area contributed by atoms with Crippen molar-refractivity contribution >= 4 is 11.9 Å². The molecule has 0 aliphatic carbocycles. The van der Waals surface area contributed by atoms with Crippen molar-refractivity contribution in [3.05, 3.63) is 36.5 Å². The molecule has 0 fully saturated rings. The van der Waals surface area contributed by atoms with Crippen LogP contribution in [0.2, 0.25) is 0 Å². The minimum absolute atomic E-state index is 0.0663. The molecule has 0 radical (unpaired) electrons. The lowest BCUT2D eigenvalue weighted by molar-refractivity contribution is -0.151. The summed E-state index contributed by atoms with van der Waals surface area (Å²) in [7, 11) is 0. The fourth-order valence-electron chi connectivity index (χ4n) is 8.21. The normalized spacial score (nSPS) is 13.5. The van der Waals surface area contributed by atoms with Crippen LogP contribution in [0.15, 0.2) is 36.5 Å². The SMILES string of the molecule is CC/C=C/C/C=C/C/C=C/CCCCCCC(CC(=O)NC(CO)C(O)CCCCCCCCCCCCCCCCCCC)OC(=O)CCCCCCCCCCCCC. The van der Waals surface area contributed by atoms with Crippen LogP contribution in [0, 0.1) is 0 Å². The highest BCUT2D eigenvalue weighted by Crippen LogP contribution is 2.18. The second kappa shape index (κ2) is 49.1. The van der Waals surface area contributed by atoms with Gasteiger partial charge in [-0.1, -0.05) is 243 Å². The largest absolute Gasteiger partial charge is 0.462 e. The molecule has 0 aromatic rings. The first-order valence-electron chi connectivity index (χ1n) is 26.7. The highest BCUT2D eigenvalue weighted by atomic mass is 16.5. The van der Waals surface area contributed by atoms with Gasteiger partial charge in [0, 0.05) is 6.42 Å². The molecule has 3 N–H and O–H groups in total. The van der Waals surface area contributed by atoms with Gasteiger partial charge >= 0.3 is 5.97 Å². The molecule has 1 amide bonds. The van der Waals surface area contributed by atoms with Gasteiger partial charge in [-0.2, -0.15) is 0 Å². The molecule has 0 bridgehead atoms. The van der Waals surface area contributed by atoms with E-state index < -0.39 is 18.2 Å². The zero-order chi connectivity index (χ0) is 44.5. The summed E-state index contributed by atoms with van der Waals surface area (Å²) in [6.07, 6.45) is 57.8. The topological polar surface area (TPSA) is 95.9 Å². The Morgan fingerprint density at radius 3 is 1.34 bits per heavy atom. The van der Waals surface area contributed by atoms with Crippen molar-refractivity contribution in [1.82, 2.24) is 5.32 Å². The van der Waals surface area contributed by atoms with Crippen LogP contribution in [0.1, 0.15) is 278 Å². The molecular weight excluding hydrogens is 755 g/mol. The monoisotopic (exact) mass is 858 g/mol. The fourth-order valence-corrected chi connectivity index (χ4v) is 8.21. The van der Waals surface area contributed by atoms with Gasteiger partial charge in [-0.05, 0) is 57.8 Å². The van der Waals surface area contributed by atoms with Gasteiger partial charge in [0.1, 0.15) is 6.10 Å². The summed E-state index contributed by atoms with van der Waals surface area (Å²) in [5, 5.41) is 23.8. The molecule has 0 saturated carbocycles. The maximum Gasteiger partial charge on any atom is 0.306 e. The van der Waals surface area contributed by atoms with Crippen molar-refractivity contribution < 1.29 is 24.5 Å². The van der Waals surface area contributed by atoms with E-state index in [4.69, 9.17) is 4.74 Å². The van der Waals surface area contributed by atoms with Crippen LogP contribution in [0.4, 0.5) is 0 Å². The van der Waals surface area contributed by atoms with E-state index in [1.807, 2.05) is 0 Å². The molecule has 0 heterocycles. The second-order valence-corrected chi connectivity index (χ2v) is 18.3. The van der Waals surface area contributed by atoms with Crippen molar-refractivity contribution in [2.45, 2.75) is 296 Å². The molecule has 6 nitrogen and oxygen atoms in total. The van der Waals surface area contributed by atoms with E-state index in [1.54, 1.807) is 0 Å². The van der Waals surface area contributed by atoms with Crippen molar-refractivity contribution in [2.24, 2.45) is 0 Å². The average molecular weight is 858 g/mol. The van der Waals surface area contributed by atoms with Gasteiger partial charge in [0.05, 0.1) is 25.2 Å². The number of hydrogen-bond donors (Lipinski definition) is 3. The fraction of sp³-hybridized carbons (Fsp3) is 0.855. The Morgan fingerprint density at radius 1 is 0.492 bits per heavy atom. The van der Waals surface area contributed by atoms with Crippen LogP contribution in [0.3, 0.4) is 0 Å². The second-order valence-electron chi connectivity index (χ2n) is 18.3. The van der Waals surface area contributed by atoms with Gasteiger partial charge in [-0.25, -0.2) is 0 Å². The lowest BCUT2D eigenvalue weighted by Crippen LogP contribution is -2.46. The first kappa shape index (κ1) is 59.1. The van der Waals surface area contributed by atoms with E-state index in [-0.39, 0.29) is 24.9 Å². The molecule has 0 rings (SSSR count). The van der Waals surface area contributed by atoms with Crippen LogP contribution in [-0.2, 0) is 14.3 Å². The minimum atomic E-state index is -0.791. The third kappa shape index (κ3) is 44.5. The van der Waals surface area contributed by atoms with E-state index in [1.165, 1.54) is 148 Å². The van der Waals surface area contributed by atoms with Crippen molar-refractivity contribution in [2.75, 3.05) is 6.61 Å². The molecule has 6 heteroatoms. The number of unbranched alkanes of at least 4 members (excludes halogenated alkanes) is 30. The smallest absolute Gasteiger partial charge is 0.306 e. The van der Waals surface area contributed by atoms with E-state index in [2.05, 4.69) is 62.5 Å². The average Bonchev–Trinajstić information content (AvgIpc) is 3.25. The number of amides is 1. The Balaban J connectivity index is 4.51. The van der Waals surface area contributed by atoms with Crippen molar-refractivity contribution in [1.29, 1.82) is 0 Å². The Labute approximate surface area is 379 Å². The van der Waals surface area contributed by atoms with Crippen LogP contribution >= 0.6 is 0 Å². The Bertz CT molecular complexity index is 1010. The molecule has 358 valence electrons. The molecule has 0 aliphatic rings. The molecule has 0 aromatic heterocycles. The number of aliphatic hydroxyl groups is 2. The van der Waals surface area contributed by atoms with Crippen LogP contribution in [0.25, 0.3) is 0 Å². The first-order chi connectivity index (χ1) is 30.0. The zero-order valence-corrected chi connectivity index (χ0v) is 40.8. The molecule has 0 aliphatic heterocycles. The number of allylic oxidation sites excluding steroid dienone is 6. The van der Waals surface area contributed by atoms with Crippen molar-refractivity contribution in [3.63, 3.8) is 0 Å². The Kier molecular flexibility index (Phi) is 47.6. The summed E-state index contributed by atoms with van der Waals surface area (Å²) < 4.78 is 5.92. The summed E-state index contributed by atoms with van der Waals surface area (Å²) in [6.45, 7) is 6.38. The molecule has 0 saturated heterocycles. The highest BCUT2D eigenvalue weighted by molar-refractivity contribution is 5.77. The third-order valence-corrected chi connectivity index (χ3v) is 12.2. The Hall–Kier alpha value is -1.92. The lowest BCUT2D eigenvalue weighted by atomic mass is 10.0. The van der Waals surface area contributed by atoms with E-state index >= 15 is 0 Å². The highest BCUT2D eigenvalue weighted by Gasteiger charge is 2.24. The van der Waals surface area contributed by atoms with Gasteiger partial charge in [0.15, 0.2) is 0 Å². The summed E-state index contributed by atoms with van der Waals surface area (Å²) in [5.41, 5.74) is 0. The van der Waals surface area contributed by atoms with E-state index in [0.29, 0.717) is 19.3 Å². The summed E-state index contributed by atoms with van der Waals surface area (Å²) >= 11 is 0. The minimum Gasteiger partial charge on any atom is -0.462 e. The number of nitrogens with one attached hydrogen (secondary N) is 1. The maximum absolute atomic E-state index is 13.2. The van der Waals surface area contributed by atoms with E-state index in [0.717, 1.165) is 83.5 Å². The predicted molar refractivity (Wildman–Crippen MR) is 264 cm³/mol. The maximum atomic E-state index is 13.2. The first-order valence-corrected chi connectivity index (χ1v) is 26.7. The number of esters is 1. The quantitative estimate of drug-likeness (QED) is 0.0322. The Morgan fingerprint density at radius 2 is 0.885 bits per heavy atom. The number of hydrogen-bond acceptors (Lipinski definition) is 5. The summed E-state index contributed by atoms with van der Waals surface area (Å²) in [4.78, 5) is 26.1. The molecular formula is C55H103NO5. The van der Waals surface area contributed by atoms with Crippen molar-refractivity contribution in [3.8, 4) is 0 Å². The lowest BCUT2D eigenvalue weighted by Gasteiger charge is -2.24. The molecule has 0 spiro atoms. The number of ether oxygens (including phenoxy) is 1. The van der Waals surface area contributed by atoms with Gasteiger partial charge in [-0.3, -0.25) is 9.59 Å². The van der Waals surface area contributed by atoms with Gasteiger partial charge < -0.3 is 20.3 Å². The number of carbonyl (C=O) groups excluding carboxylic acids is 2. The molecule has 0 aromatic carbocycles. The van der Waals surface area contributed by atoms with Gasteiger partial charge in [0.25, 0.3) is 0 Å². The number of aliphatic hydroxyl groups excluding tert-OH is 2. The van der Waals surface area contributed by atoms with Crippen LogP contribution in [0.5, 0.6) is 0 Å². The van der Waals surface area contributed by atoms with Gasteiger partial charge in [0.2, 0.25) is 5.91 Å².